The molecule has 0 bridgehead atoms. The number of carbonyl (C=O) groups is 4. The molecule has 4 amide bonds. The Morgan fingerprint density at radius 1 is 0.846 bits per heavy atom. The third-order valence-electron chi connectivity index (χ3n) is 7.50. The van der Waals surface area contributed by atoms with Crippen molar-refractivity contribution < 1.29 is 19.2 Å². The van der Waals surface area contributed by atoms with E-state index in [2.05, 4.69) is 28.6 Å². The molecule has 9 heteroatoms. The fourth-order valence-electron chi connectivity index (χ4n) is 5.34. The highest BCUT2D eigenvalue weighted by atomic mass is 32.1. The van der Waals surface area contributed by atoms with Crippen molar-refractivity contribution in [2.45, 2.75) is 76.0 Å². The molecule has 0 radical (unpaired) electrons. The lowest BCUT2D eigenvalue weighted by Crippen LogP contribution is -2.54. The standard InChI is InChI=1S/C30H38N4O4S/c35-27-19-25(21-10-3-1-4-11-21)33-29(37)24(14-5-2-8-17-39)32-30(38)26-15-9-16-34(26)28(36)18-22-12-6-7-13-23(22)20-31-27/h1,3-4,6-7,10-13,24-26,39H,2,5,8-9,14-20H2,(H,31,35)(H,32,38)(H,33,37)/t24-,25+,26+/m0/s1. The maximum Gasteiger partial charge on any atom is 0.243 e. The molecular weight excluding hydrogens is 512 g/mol. The topological polar surface area (TPSA) is 108 Å². The normalized spacial score (nSPS) is 22.9. The highest BCUT2D eigenvalue weighted by molar-refractivity contribution is 7.80. The van der Waals surface area contributed by atoms with E-state index < -0.39 is 18.1 Å². The van der Waals surface area contributed by atoms with Crippen LogP contribution in [0.3, 0.4) is 0 Å². The summed E-state index contributed by atoms with van der Waals surface area (Å²) >= 11 is 4.27. The van der Waals surface area contributed by atoms with Gasteiger partial charge in [-0.15, -0.1) is 0 Å². The summed E-state index contributed by atoms with van der Waals surface area (Å²) in [6, 6.07) is 15.0. The van der Waals surface area contributed by atoms with Crippen LogP contribution in [0, 0.1) is 0 Å². The minimum absolute atomic E-state index is 0.0492. The van der Waals surface area contributed by atoms with E-state index in [0.29, 0.717) is 19.4 Å². The molecule has 8 nitrogen and oxygen atoms in total. The first-order valence-corrected chi connectivity index (χ1v) is 14.5. The van der Waals surface area contributed by atoms with Gasteiger partial charge in [0.2, 0.25) is 23.6 Å². The zero-order valence-corrected chi connectivity index (χ0v) is 23.1. The molecule has 3 atom stereocenters. The second-order valence-corrected chi connectivity index (χ2v) is 10.7. The number of amides is 4. The maximum atomic E-state index is 13.6. The van der Waals surface area contributed by atoms with Crippen LogP contribution in [0.4, 0.5) is 0 Å². The van der Waals surface area contributed by atoms with Gasteiger partial charge in [-0.2, -0.15) is 12.6 Å². The third-order valence-corrected chi connectivity index (χ3v) is 7.82. The van der Waals surface area contributed by atoms with Crippen LogP contribution in [-0.4, -0.2) is 52.9 Å². The summed E-state index contributed by atoms with van der Waals surface area (Å²) in [6.45, 7) is 0.778. The SMILES string of the molecule is O=C1C[C@H](c2ccccc2)NC(=O)[C@H](CCCCCS)NC(=O)[C@H]2CCCN2C(=O)Cc2ccccc2CN1. The molecule has 0 aromatic heterocycles. The smallest absolute Gasteiger partial charge is 0.243 e. The summed E-state index contributed by atoms with van der Waals surface area (Å²) in [6.07, 6.45) is 4.52. The molecule has 4 rings (SSSR count). The summed E-state index contributed by atoms with van der Waals surface area (Å²) < 4.78 is 0. The lowest BCUT2D eigenvalue weighted by Gasteiger charge is -2.28. The van der Waals surface area contributed by atoms with E-state index in [1.165, 1.54) is 0 Å². The molecule has 2 aliphatic heterocycles. The van der Waals surface area contributed by atoms with Gasteiger partial charge in [-0.3, -0.25) is 19.2 Å². The molecule has 0 aliphatic carbocycles. The Hall–Kier alpha value is -3.33. The van der Waals surface area contributed by atoms with Crippen molar-refractivity contribution in [3.8, 4) is 0 Å². The fourth-order valence-corrected chi connectivity index (χ4v) is 5.56. The summed E-state index contributed by atoms with van der Waals surface area (Å²) in [4.78, 5) is 55.1. The van der Waals surface area contributed by atoms with Gasteiger partial charge in [0.15, 0.2) is 0 Å². The van der Waals surface area contributed by atoms with Crippen molar-refractivity contribution in [1.82, 2.24) is 20.9 Å². The molecule has 2 aliphatic rings. The lowest BCUT2D eigenvalue weighted by molar-refractivity contribution is -0.139. The Labute approximate surface area is 235 Å². The van der Waals surface area contributed by atoms with Gasteiger partial charge >= 0.3 is 0 Å². The molecule has 1 saturated heterocycles. The molecule has 3 N–H and O–H groups in total. The second-order valence-electron chi connectivity index (χ2n) is 10.3. The molecule has 2 heterocycles. The predicted octanol–water partition coefficient (Wildman–Crippen LogP) is 3.07. The average molecular weight is 551 g/mol. The van der Waals surface area contributed by atoms with E-state index in [4.69, 9.17) is 0 Å². The lowest BCUT2D eigenvalue weighted by atomic mass is 10.0. The highest BCUT2D eigenvalue weighted by Crippen LogP contribution is 2.22. The van der Waals surface area contributed by atoms with Crippen molar-refractivity contribution in [2.75, 3.05) is 12.3 Å². The Morgan fingerprint density at radius 3 is 2.36 bits per heavy atom. The van der Waals surface area contributed by atoms with Crippen LogP contribution >= 0.6 is 12.6 Å². The Balaban J connectivity index is 1.64. The summed E-state index contributed by atoms with van der Waals surface area (Å²) in [5, 5.41) is 8.96. The minimum Gasteiger partial charge on any atom is -0.352 e. The zero-order chi connectivity index (χ0) is 27.6. The van der Waals surface area contributed by atoms with Gasteiger partial charge in [-0.1, -0.05) is 67.4 Å². The summed E-state index contributed by atoms with van der Waals surface area (Å²) in [5.74, 6) is -0.214. The van der Waals surface area contributed by atoms with Crippen molar-refractivity contribution in [3.63, 3.8) is 0 Å². The number of nitrogens with zero attached hydrogens (tertiary/aromatic N) is 1. The molecule has 0 saturated carbocycles. The number of thiol groups is 1. The third kappa shape index (κ3) is 7.85. The molecule has 1 fully saturated rings. The zero-order valence-electron chi connectivity index (χ0n) is 22.2. The van der Waals surface area contributed by atoms with E-state index >= 15 is 0 Å². The van der Waals surface area contributed by atoms with E-state index in [1.54, 1.807) is 4.90 Å². The van der Waals surface area contributed by atoms with Crippen molar-refractivity contribution in [3.05, 3.63) is 71.3 Å². The quantitative estimate of drug-likeness (QED) is 0.328. The number of fused-ring (bicyclic) bond motifs is 2. The van der Waals surface area contributed by atoms with Gasteiger partial charge in [-0.25, -0.2) is 0 Å². The van der Waals surface area contributed by atoms with Gasteiger partial charge in [0.1, 0.15) is 12.1 Å². The Bertz CT molecular complexity index is 1160. The first-order chi connectivity index (χ1) is 19.0. The molecule has 39 heavy (non-hydrogen) atoms. The largest absolute Gasteiger partial charge is 0.352 e. The molecule has 0 spiro atoms. The Morgan fingerprint density at radius 2 is 1.59 bits per heavy atom. The number of rotatable bonds is 6. The van der Waals surface area contributed by atoms with Crippen molar-refractivity contribution in [1.29, 1.82) is 0 Å². The van der Waals surface area contributed by atoms with Gasteiger partial charge in [0.25, 0.3) is 0 Å². The van der Waals surface area contributed by atoms with Crippen LogP contribution in [0.5, 0.6) is 0 Å². The number of unbranched alkanes of at least 4 members (excludes halogenated alkanes) is 2. The summed E-state index contributed by atoms with van der Waals surface area (Å²) in [7, 11) is 0. The van der Waals surface area contributed by atoms with E-state index in [9.17, 15) is 19.2 Å². The Kier molecular flexibility index (Phi) is 10.4. The average Bonchev–Trinajstić information content (AvgIpc) is 3.44. The first-order valence-electron chi connectivity index (χ1n) is 13.9. The van der Waals surface area contributed by atoms with Crippen LogP contribution in [0.15, 0.2) is 54.6 Å². The van der Waals surface area contributed by atoms with Crippen LogP contribution in [0.2, 0.25) is 0 Å². The first kappa shape index (κ1) is 28.7. The van der Waals surface area contributed by atoms with Crippen LogP contribution in [-0.2, 0) is 32.1 Å². The van der Waals surface area contributed by atoms with Crippen molar-refractivity contribution in [2.24, 2.45) is 0 Å². The van der Waals surface area contributed by atoms with E-state index in [1.807, 2.05) is 54.6 Å². The maximum absolute atomic E-state index is 13.6. The number of hydrogen-bond donors (Lipinski definition) is 4. The van der Waals surface area contributed by atoms with Gasteiger partial charge in [-0.05, 0) is 48.1 Å². The molecule has 2 aromatic rings. The van der Waals surface area contributed by atoms with Gasteiger partial charge in [0.05, 0.1) is 18.9 Å². The van der Waals surface area contributed by atoms with Crippen molar-refractivity contribution >= 4 is 36.3 Å². The highest BCUT2D eigenvalue weighted by Gasteiger charge is 2.36. The molecule has 0 unspecified atom stereocenters. The fraction of sp³-hybridized carbons (Fsp3) is 0.467. The van der Waals surface area contributed by atoms with E-state index in [-0.39, 0.29) is 43.0 Å². The molecule has 2 aromatic carbocycles. The van der Waals surface area contributed by atoms with Crippen LogP contribution < -0.4 is 16.0 Å². The molecule has 208 valence electrons. The molecular formula is C30H38N4O4S. The van der Waals surface area contributed by atoms with Gasteiger partial charge in [0, 0.05) is 13.1 Å². The number of nitrogens with one attached hydrogen (secondary N) is 3. The number of benzene rings is 2. The minimum atomic E-state index is -0.766. The van der Waals surface area contributed by atoms with Gasteiger partial charge < -0.3 is 20.9 Å². The van der Waals surface area contributed by atoms with Crippen LogP contribution in [0.25, 0.3) is 0 Å². The van der Waals surface area contributed by atoms with Crippen LogP contribution in [0.1, 0.15) is 67.7 Å². The predicted molar refractivity (Wildman–Crippen MR) is 153 cm³/mol. The summed E-state index contributed by atoms with van der Waals surface area (Å²) in [5.41, 5.74) is 2.50. The second kappa shape index (κ2) is 14.2. The monoisotopic (exact) mass is 550 g/mol. The number of carbonyl (C=O) groups excluding carboxylic acids is 4. The van der Waals surface area contributed by atoms with E-state index in [0.717, 1.165) is 48.1 Å². The number of hydrogen-bond acceptors (Lipinski definition) is 5.